The third kappa shape index (κ3) is 1.59. The number of rotatable bonds is 3. The van der Waals surface area contributed by atoms with E-state index >= 15 is 0 Å². The maximum absolute atomic E-state index is 5.68. The molecule has 0 aliphatic heterocycles. The first-order valence-corrected chi connectivity index (χ1v) is 4.21. The number of aryl methyl sites for hydroxylation is 1. The van der Waals surface area contributed by atoms with Crippen molar-refractivity contribution < 1.29 is 4.74 Å². The van der Waals surface area contributed by atoms with Crippen molar-refractivity contribution in [1.29, 1.82) is 0 Å². The van der Waals surface area contributed by atoms with Crippen LogP contribution in [-0.4, -0.2) is 22.1 Å². The molecule has 0 aromatic carbocycles. The lowest BCUT2D eigenvalue weighted by molar-refractivity contribution is 0.112. The summed E-state index contributed by atoms with van der Waals surface area (Å²) in [5, 5.41) is 7.76. The van der Waals surface area contributed by atoms with E-state index in [2.05, 4.69) is 10.3 Å². The molecule has 5 heteroatoms. The molecule has 0 amide bonds. The van der Waals surface area contributed by atoms with Gasteiger partial charge in [0.1, 0.15) is 5.69 Å². The summed E-state index contributed by atoms with van der Waals surface area (Å²) in [5.41, 5.74) is 1.72. The minimum absolute atomic E-state index is 0.0150. The molecule has 0 N–H and O–H groups in total. The zero-order valence-corrected chi connectivity index (χ0v) is 8.17. The second-order valence-corrected chi connectivity index (χ2v) is 2.82. The monoisotopic (exact) mass is 189 g/mol. The molecular weight excluding hydrogens is 178 g/mol. The van der Waals surface area contributed by atoms with E-state index in [1.165, 1.54) is 0 Å². The van der Waals surface area contributed by atoms with Gasteiger partial charge < -0.3 is 4.74 Å². The van der Waals surface area contributed by atoms with E-state index in [9.17, 15) is 0 Å². The molecule has 0 fully saturated rings. The standard InChI is InChI=1S/C7H12ClN3O/c1-5(12-3)7-6(4-8)9-10-11(7)2/h5H,4H2,1-3H3. The second kappa shape index (κ2) is 3.87. The summed E-state index contributed by atoms with van der Waals surface area (Å²) >= 11 is 5.68. The summed E-state index contributed by atoms with van der Waals surface area (Å²) in [6, 6.07) is 0. The van der Waals surface area contributed by atoms with E-state index in [1.54, 1.807) is 11.8 Å². The van der Waals surface area contributed by atoms with Gasteiger partial charge >= 0.3 is 0 Å². The number of nitrogens with zero attached hydrogens (tertiary/aromatic N) is 3. The van der Waals surface area contributed by atoms with Crippen LogP contribution in [0.2, 0.25) is 0 Å². The van der Waals surface area contributed by atoms with Crippen molar-refractivity contribution in [3.63, 3.8) is 0 Å². The minimum Gasteiger partial charge on any atom is -0.375 e. The molecule has 0 radical (unpaired) electrons. The van der Waals surface area contributed by atoms with Crippen LogP contribution in [0.25, 0.3) is 0 Å². The third-order valence-corrected chi connectivity index (χ3v) is 2.06. The molecule has 1 heterocycles. The van der Waals surface area contributed by atoms with Crippen LogP contribution in [0, 0.1) is 0 Å². The Balaban J connectivity index is 3.01. The predicted octanol–water partition coefficient (Wildman–Crippen LogP) is 1.26. The maximum Gasteiger partial charge on any atom is 0.103 e. The Labute approximate surface area is 76.5 Å². The molecule has 1 unspecified atom stereocenters. The molecule has 0 saturated heterocycles. The normalized spacial score (nSPS) is 13.3. The van der Waals surface area contributed by atoms with Crippen LogP contribution in [0.15, 0.2) is 0 Å². The van der Waals surface area contributed by atoms with Crippen LogP contribution >= 0.6 is 11.6 Å². The molecule has 0 spiro atoms. The van der Waals surface area contributed by atoms with Crippen molar-refractivity contribution >= 4 is 11.6 Å². The first-order chi connectivity index (χ1) is 5.70. The summed E-state index contributed by atoms with van der Waals surface area (Å²) < 4.78 is 6.84. The molecule has 1 atom stereocenters. The van der Waals surface area contributed by atoms with E-state index in [4.69, 9.17) is 16.3 Å². The van der Waals surface area contributed by atoms with Gasteiger partial charge in [0.15, 0.2) is 0 Å². The van der Waals surface area contributed by atoms with Gasteiger partial charge in [-0.2, -0.15) is 0 Å². The van der Waals surface area contributed by atoms with Crippen LogP contribution in [-0.2, 0) is 17.7 Å². The van der Waals surface area contributed by atoms with Gasteiger partial charge in [-0.25, -0.2) is 4.68 Å². The molecule has 68 valence electrons. The van der Waals surface area contributed by atoms with Crippen LogP contribution in [0.1, 0.15) is 24.4 Å². The number of halogens is 1. The highest BCUT2D eigenvalue weighted by atomic mass is 35.5. The van der Waals surface area contributed by atoms with Crippen LogP contribution < -0.4 is 0 Å². The van der Waals surface area contributed by atoms with E-state index in [1.807, 2.05) is 14.0 Å². The number of alkyl halides is 1. The molecule has 1 aromatic heterocycles. The van der Waals surface area contributed by atoms with Crippen molar-refractivity contribution in [3.05, 3.63) is 11.4 Å². The Morgan fingerprint density at radius 2 is 2.33 bits per heavy atom. The largest absolute Gasteiger partial charge is 0.375 e. The van der Waals surface area contributed by atoms with Crippen molar-refractivity contribution in [2.24, 2.45) is 7.05 Å². The zero-order chi connectivity index (χ0) is 9.14. The van der Waals surface area contributed by atoms with Crippen LogP contribution in [0.3, 0.4) is 0 Å². The number of aromatic nitrogens is 3. The Kier molecular flexibility index (Phi) is 3.05. The highest BCUT2D eigenvalue weighted by molar-refractivity contribution is 6.16. The van der Waals surface area contributed by atoms with Gasteiger partial charge in [0, 0.05) is 14.2 Å². The van der Waals surface area contributed by atoms with E-state index < -0.39 is 0 Å². The average Bonchev–Trinajstić information content (AvgIpc) is 2.45. The van der Waals surface area contributed by atoms with Gasteiger partial charge in [-0.15, -0.1) is 16.7 Å². The maximum atomic E-state index is 5.68. The van der Waals surface area contributed by atoms with Crippen molar-refractivity contribution in [3.8, 4) is 0 Å². The van der Waals surface area contributed by atoms with Crippen LogP contribution in [0.4, 0.5) is 0 Å². The fourth-order valence-electron chi connectivity index (χ4n) is 1.11. The Bertz CT molecular complexity index is 261. The molecular formula is C7H12ClN3O. The molecule has 0 saturated carbocycles. The Morgan fingerprint density at radius 3 is 2.83 bits per heavy atom. The quantitative estimate of drug-likeness (QED) is 0.673. The first kappa shape index (κ1) is 9.48. The summed E-state index contributed by atoms with van der Waals surface area (Å²) in [5.74, 6) is 0.372. The zero-order valence-electron chi connectivity index (χ0n) is 7.41. The minimum atomic E-state index is -0.0150. The SMILES string of the molecule is COC(C)c1c(CCl)nnn1C. The van der Waals surface area contributed by atoms with Gasteiger partial charge in [0.25, 0.3) is 0 Å². The van der Waals surface area contributed by atoms with Crippen molar-refractivity contribution in [2.45, 2.75) is 18.9 Å². The lowest BCUT2D eigenvalue weighted by Gasteiger charge is -2.09. The molecule has 1 aromatic rings. The molecule has 0 aliphatic rings. The van der Waals surface area contributed by atoms with Gasteiger partial charge in [0.05, 0.1) is 17.7 Å². The molecule has 4 nitrogen and oxygen atoms in total. The highest BCUT2D eigenvalue weighted by Crippen LogP contribution is 2.18. The van der Waals surface area contributed by atoms with Gasteiger partial charge in [-0.05, 0) is 6.92 Å². The average molecular weight is 190 g/mol. The number of methoxy groups -OCH3 is 1. The van der Waals surface area contributed by atoms with Crippen molar-refractivity contribution in [2.75, 3.05) is 7.11 Å². The van der Waals surface area contributed by atoms with E-state index in [-0.39, 0.29) is 6.10 Å². The number of hydrogen-bond acceptors (Lipinski definition) is 3. The summed E-state index contributed by atoms with van der Waals surface area (Å²) in [4.78, 5) is 0. The predicted molar refractivity (Wildman–Crippen MR) is 46.0 cm³/mol. The number of ether oxygens (including phenoxy) is 1. The smallest absolute Gasteiger partial charge is 0.103 e. The van der Waals surface area contributed by atoms with E-state index in [0.29, 0.717) is 5.88 Å². The molecule has 0 aliphatic carbocycles. The second-order valence-electron chi connectivity index (χ2n) is 2.56. The van der Waals surface area contributed by atoms with Gasteiger partial charge in [0.2, 0.25) is 0 Å². The lowest BCUT2D eigenvalue weighted by atomic mass is 10.2. The van der Waals surface area contributed by atoms with E-state index in [0.717, 1.165) is 11.4 Å². The third-order valence-electron chi connectivity index (χ3n) is 1.81. The lowest BCUT2D eigenvalue weighted by Crippen LogP contribution is -2.06. The molecule has 1 rings (SSSR count). The summed E-state index contributed by atoms with van der Waals surface area (Å²) in [6.45, 7) is 1.94. The van der Waals surface area contributed by atoms with Gasteiger partial charge in [-0.3, -0.25) is 0 Å². The summed E-state index contributed by atoms with van der Waals surface area (Å²) in [7, 11) is 3.48. The topological polar surface area (TPSA) is 39.9 Å². The van der Waals surface area contributed by atoms with Crippen LogP contribution in [0.5, 0.6) is 0 Å². The Morgan fingerprint density at radius 1 is 1.67 bits per heavy atom. The first-order valence-electron chi connectivity index (χ1n) is 3.68. The summed E-state index contributed by atoms with van der Waals surface area (Å²) in [6.07, 6.45) is -0.0150. The molecule has 12 heavy (non-hydrogen) atoms. The van der Waals surface area contributed by atoms with Crippen molar-refractivity contribution in [1.82, 2.24) is 15.0 Å². The Hall–Kier alpha value is -0.610. The number of hydrogen-bond donors (Lipinski definition) is 0. The fraction of sp³-hybridized carbons (Fsp3) is 0.714. The fourth-order valence-corrected chi connectivity index (χ4v) is 1.30. The molecule has 0 bridgehead atoms. The highest BCUT2D eigenvalue weighted by Gasteiger charge is 2.15. The van der Waals surface area contributed by atoms with Gasteiger partial charge in [-0.1, -0.05) is 5.21 Å².